The summed E-state index contributed by atoms with van der Waals surface area (Å²) in [5, 5.41) is 0. The Morgan fingerprint density at radius 3 is 2.33 bits per heavy atom. The Balaban J connectivity index is 1.58. The molecule has 3 aromatic carbocycles. The van der Waals surface area contributed by atoms with Crippen molar-refractivity contribution in [2.24, 2.45) is 5.92 Å². The third-order valence-corrected chi connectivity index (χ3v) is 6.21. The number of halogens is 1. The summed E-state index contributed by atoms with van der Waals surface area (Å²) in [6.07, 6.45) is 2.38. The molecule has 4 rings (SSSR count). The van der Waals surface area contributed by atoms with E-state index in [1.807, 2.05) is 59.5 Å². The second-order valence-corrected chi connectivity index (χ2v) is 8.80. The molecule has 3 aromatic rings. The quantitative estimate of drug-likeness (QED) is 0.506. The summed E-state index contributed by atoms with van der Waals surface area (Å²) in [5.41, 5.74) is 2.80. The molecule has 1 fully saturated rings. The molecule has 0 unspecified atom stereocenters. The number of hydrogen-bond acceptors (Lipinski definition) is 2. The molecule has 0 atom stereocenters. The molecule has 0 spiro atoms. The highest BCUT2D eigenvalue weighted by molar-refractivity contribution is 6.06. The van der Waals surface area contributed by atoms with Crippen molar-refractivity contribution in [1.29, 1.82) is 0 Å². The summed E-state index contributed by atoms with van der Waals surface area (Å²) in [5.74, 6) is 0.0467. The second kappa shape index (κ2) is 10.4. The third-order valence-electron chi connectivity index (χ3n) is 6.21. The van der Waals surface area contributed by atoms with Crippen LogP contribution in [0.4, 0.5) is 10.1 Å². The van der Waals surface area contributed by atoms with Crippen molar-refractivity contribution < 1.29 is 14.0 Å². The summed E-state index contributed by atoms with van der Waals surface area (Å²) in [4.78, 5) is 29.8. The maximum Gasteiger partial charge on any atom is 0.258 e. The molecule has 170 valence electrons. The maximum absolute atomic E-state index is 13.8. The minimum absolute atomic E-state index is 0.116. The van der Waals surface area contributed by atoms with Gasteiger partial charge in [0.05, 0.1) is 13.0 Å². The number of carbonyl (C=O) groups excluding carboxylic acids is 2. The van der Waals surface area contributed by atoms with Gasteiger partial charge in [0.1, 0.15) is 5.82 Å². The number of hydrogen-bond donors (Lipinski definition) is 0. The maximum atomic E-state index is 13.8. The average molecular weight is 445 g/mol. The van der Waals surface area contributed by atoms with E-state index in [2.05, 4.69) is 6.92 Å². The lowest BCUT2D eigenvalue weighted by molar-refractivity contribution is -0.131. The number of rotatable bonds is 6. The van der Waals surface area contributed by atoms with Crippen LogP contribution in [-0.4, -0.2) is 29.8 Å². The van der Waals surface area contributed by atoms with Crippen LogP contribution in [0.3, 0.4) is 0 Å². The zero-order valence-corrected chi connectivity index (χ0v) is 18.9. The first-order valence-corrected chi connectivity index (χ1v) is 11.5. The van der Waals surface area contributed by atoms with Crippen molar-refractivity contribution in [1.82, 2.24) is 4.90 Å². The van der Waals surface area contributed by atoms with Gasteiger partial charge >= 0.3 is 0 Å². The lowest BCUT2D eigenvalue weighted by atomic mass is 9.98. The Labute approximate surface area is 194 Å². The number of likely N-dealkylation sites (tertiary alicyclic amines) is 1. The predicted molar refractivity (Wildman–Crippen MR) is 128 cm³/mol. The van der Waals surface area contributed by atoms with Crippen LogP contribution in [0.25, 0.3) is 0 Å². The van der Waals surface area contributed by atoms with Crippen LogP contribution in [0.2, 0.25) is 0 Å². The number of piperidine rings is 1. The van der Waals surface area contributed by atoms with Gasteiger partial charge < -0.3 is 9.80 Å². The van der Waals surface area contributed by atoms with Crippen molar-refractivity contribution in [3.63, 3.8) is 0 Å². The van der Waals surface area contributed by atoms with E-state index >= 15 is 0 Å². The average Bonchev–Trinajstić information content (AvgIpc) is 2.83. The fourth-order valence-corrected chi connectivity index (χ4v) is 4.20. The summed E-state index contributed by atoms with van der Waals surface area (Å²) in [6, 6.07) is 23.0. The van der Waals surface area contributed by atoms with E-state index in [4.69, 9.17) is 0 Å². The normalized spacial score (nSPS) is 14.2. The van der Waals surface area contributed by atoms with Gasteiger partial charge in [-0.3, -0.25) is 9.59 Å². The van der Waals surface area contributed by atoms with Gasteiger partial charge in [0.15, 0.2) is 0 Å². The fourth-order valence-electron chi connectivity index (χ4n) is 4.20. The number of amides is 2. The van der Waals surface area contributed by atoms with Crippen molar-refractivity contribution >= 4 is 17.5 Å². The highest BCUT2D eigenvalue weighted by Crippen LogP contribution is 2.23. The van der Waals surface area contributed by atoms with Crippen LogP contribution in [0.15, 0.2) is 78.9 Å². The summed E-state index contributed by atoms with van der Waals surface area (Å²) in [7, 11) is 0. The van der Waals surface area contributed by atoms with Gasteiger partial charge in [0.2, 0.25) is 5.91 Å². The highest BCUT2D eigenvalue weighted by atomic mass is 19.1. The molecule has 0 aromatic heterocycles. The Morgan fingerprint density at radius 1 is 0.909 bits per heavy atom. The van der Waals surface area contributed by atoms with Gasteiger partial charge in [0, 0.05) is 24.3 Å². The number of carbonyl (C=O) groups is 2. The summed E-state index contributed by atoms with van der Waals surface area (Å²) in [6.45, 7) is 4.18. The molecule has 0 saturated carbocycles. The van der Waals surface area contributed by atoms with Crippen molar-refractivity contribution in [2.75, 3.05) is 18.0 Å². The topological polar surface area (TPSA) is 40.6 Å². The van der Waals surface area contributed by atoms with E-state index in [9.17, 15) is 14.0 Å². The predicted octanol–water partition coefficient (Wildman–Crippen LogP) is 5.47. The van der Waals surface area contributed by atoms with Crippen LogP contribution in [-0.2, 0) is 17.8 Å². The van der Waals surface area contributed by atoms with Crippen LogP contribution < -0.4 is 4.90 Å². The van der Waals surface area contributed by atoms with Crippen LogP contribution in [0, 0.1) is 11.7 Å². The molecule has 1 aliphatic heterocycles. The van der Waals surface area contributed by atoms with E-state index in [1.54, 1.807) is 11.0 Å². The first-order chi connectivity index (χ1) is 16.0. The second-order valence-electron chi connectivity index (χ2n) is 8.80. The van der Waals surface area contributed by atoms with Crippen molar-refractivity contribution in [2.45, 2.75) is 32.7 Å². The first kappa shape index (κ1) is 22.7. The zero-order chi connectivity index (χ0) is 23.2. The minimum atomic E-state index is -0.448. The van der Waals surface area contributed by atoms with Gasteiger partial charge in [-0.1, -0.05) is 55.5 Å². The first-order valence-electron chi connectivity index (χ1n) is 11.5. The summed E-state index contributed by atoms with van der Waals surface area (Å²) >= 11 is 0. The van der Waals surface area contributed by atoms with Crippen molar-refractivity contribution in [3.8, 4) is 0 Å². The standard InChI is InChI=1S/C28H29FN2O2/c1-21-13-15-30(16-14-21)27(32)18-23-9-5-12-26(17-23)31(20-22-7-3-2-4-8-22)28(33)24-10-6-11-25(29)19-24/h2-12,17,19,21H,13-16,18,20H2,1H3. The molecular weight excluding hydrogens is 415 g/mol. The number of benzene rings is 3. The highest BCUT2D eigenvalue weighted by Gasteiger charge is 2.22. The molecule has 5 heteroatoms. The van der Waals surface area contributed by atoms with Crippen LogP contribution in [0.5, 0.6) is 0 Å². The van der Waals surface area contributed by atoms with Crippen molar-refractivity contribution in [3.05, 3.63) is 101 Å². The van der Waals surface area contributed by atoms with E-state index in [1.165, 1.54) is 18.2 Å². The van der Waals surface area contributed by atoms with Gasteiger partial charge in [-0.2, -0.15) is 0 Å². The monoisotopic (exact) mass is 444 g/mol. The summed E-state index contributed by atoms with van der Waals surface area (Å²) < 4.78 is 13.8. The minimum Gasteiger partial charge on any atom is -0.342 e. The Hall–Kier alpha value is -3.47. The van der Waals surface area contributed by atoms with Gasteiger partial charge in [-0.05, 0) is 60.2 Å². The molecule has 2 amide bonds. The van der Waals surface area contributed by atoms with Gasteiger partial charge in [-0.15, -0.1) is 0 Å². The Kier molecular flexibility index (Phi) is 7.18. The SMILES string of the molecule is CC1CCN(C(=O)Cc2cccc(N(Cc3ccccc3)C(=O)c3cccc(F)c3)c2)CC1. The Morgan fingerprint density at radius 2 is 1.61 bits per heavy atom. The van der Waals surface area contributed by atoms with E-state index in [0.29, 0.717) is 24.6 Å². The van der Waals surface area contributed by atoms with Crippen LogP contribution >= 0.6 is 0 Å². The molecule has 1 heterocycles. The molecule has 1 saturated heterocycles. The number of nitrogens with zero attached hydrogens (tertiary/aromatic N) is 2. The molecular formula is C28H29FN2O2. The van der Waals surface area contributed by atoms with E-state index in [-0.39, 0.29) is 17.4 Å². The molecule has 0 aliphatic carbocycles. The lowest BCUT2D eigenvalue weighted by Crippen LogP contribution is -2.38. The molecule has 0 bridgehead atoms. The third kappa shape index (κ3) is 5.86. The lowest BCUT2D eigenvalue weighted by Gasteiger charge is -2.30. The van der Waals surface area contributed by atoms with Crippen LogP contribution in [0.1, 0.15) is 41.3 Å². The number of anilines is 1. The largest absolute Gasteiger partial charge is 0.342 e. The van der Waals surface area contributed by atoms with Gasteiger partial charge in [0.25, 0.3) is 5.91 Å². The molecule has 33 heavy (non-hydrogen) atoms. The molecule has 1 aliphatic rings. The molecule has 0 N–H and O–H groups in total. The molecule has 4 nitrogen and oxygen atoms in total. The van der Waals surface area contributed by atoms with E-state index in [0.717, 1.165) is 37.1 Å². The smallest absolute Gasteiger partial charge is 0.258 e. The van der Waals surface area contributed by atoms with E-state index < -0.39 is 5.82 Å². The Bertz CT molecular complexity index is 1110. The fraction of sp³-hybridized carbons (Fsp3) is 0.286. The zero-order valence-electron chi connectivity index (χ0n) is 18.9. The molecule has 0 radical (unpaired) electrons. The van der Waals surface area contributed by atoms with Gasteiger partial charge in [-0.25, -0.2) is 4.39 Å².